The molecule has 160 valence electrons. The van der Waals surface area contributed by atoms with Crippen LogP contribution in [0.15, 0.2) is 52.1 Å². The summed E-state index contributed by atoms with van der Waals surface area (Å²) in [4.78, 5) is 16.5. The van der Waals surface area contributed by atoms with E-state index in [1.54, 1.807) is 6.26 Å². The van der Waals surface area contributed by atoms with E-state index in [9.17, 15) is 4.79 Å². The van der Waals surface area contributed by atoms with E-state index >= 15 is 0 Å². The molecule has 0 saturated heterocycles. The Hall–Kier alpha value is -2.07. The van der Waals surface area contributed by atoms with Crippen LogP contribution in [-0.4, -0.2) is 38.1 Å². The van der Waals surface area contributed by atoms with Gasteiger partial charge >= 0.3 is 0 Å². The monoisotopic (exact) mass is 514 g/mol. The molecule has 0 aliphatic rings. The molecule has 0 bridgehead atoms. The Balaban J connectivity index is 0.00000420. The Labute approximate surface area is 189 Å². The van der Waals surface area contributed by atoms with Gasteiger partial charge in [0.25, 0.3) is 5.91 Å². The molecule has 1 aromatic heterocycles. The molecule has 0 atom stereocenters. The molecular formula is C21H31IN4O3. The van der Waals surface area contributed by atoms with Gasteiger partial charge in [-0.25, -0.2) is 4.99 Å². The van der Waals surface area contributed by atoms with Crippen molar-refractivity contribution in [2.24, 2.45) is 4.99 Å². The highest BCUT2D eigenvalue weighted by Crippen LogP contribution is 2.07. The molecule has 2 rings (SSSR count). The zero-order valence-corrected chi connectivity index (χ0v) is 19.4. The van der Waals surface area contributed by atoms with Gasteiger partial charge in [0, 0.05) is 31.8 Å². The maximum Gasteiger partial charge on any atom is 0.251 e. The van der Waals surface area contributed by atoms with Crippen molar-refractivity contribution in [3.8, 4) is 0 Å². The summed E-state index contributed by atoms with van der Waals surface area (Å²) in [5.74, 6) is 1.52. The minimum atomic E-state index is -0.0621. The van der Waals surface area contributed by atoms with Crippen LogP contribution in [0, 0.1) is 0 Å². The van der Waals surface area contributed by atoms with E-state index in [0.717, 1.165) is 36.8 Å². The third-order valence-corrected chi connectivity index (χ3v) is 3.87. The minimum Gasteiger partial charge on any atom is -0.467 e. The average Bonchev–Trinajstić information content (AvgIpc) is 3.22. The van der Waals surface area contributed by atoms with Gasteiger partial charge in [0.05, 0.1) is 12.8 Å². The number of furan rings is 1. The Morgan fingerprint density at radius 2 is 1.93 bits per heavy atom. The van der Waals surface area contributed by atoms with Crippen LogP contribution in [0.2, 0.25) is 0 Å². The molecule has 0 saturated carbocycles. The molecule has 2 aromatic rings. The van der Waals surface area contributed by atoms with Gasteiger partial charge in [0.1, 0.15) is 12.4 Å². The fourth-order valence-corrected chi connectivity index (χ4v) is 2.53. The highest BCUT2D eigenvalue weighted by molar-refractivity contribution is 14.0. The maximum atomic E-state index is 12.0. The molecule has 0 unspecified atom stereocenters. The number of halogens is 1. The molecule has 0 fully saturated rings. The molecule has 0 aliphatic heterocycles. The summed E-state index contributed by atoms with van der Waals surface area (Å²) in [5, 5.41) is 9.34. The van der Waals surface area contributed by atoms with Crippen molar-refractivity contribution in [3.63, 3.8) is 0 Å². The zero-order valence-electron chi connectivity index (χ0n) is 17.1. The topological polar surface area (TPSA) is 87.9 Å². The van der Waals surface area contributed by atoms with Crippen LogP contribution >= 0.6 is 24.0 Å². The summed E-state index contributed by atoms with van der Waals surface area (Å²) in [6.07, 6.45) is 2.50. The Bertz CT molecular complexity index is 735. The lowest BCUT2D eigenvalue weighted by Gasteiger charge is -2.11. The molecule has 29 heavy (non-hydrogen) atoms. The number of amides is 1. The van der Waals surface area contributed by atoms with Gasteiger partial charge in [-0.05, 0) is 50.1 Å². The number of hydrogen-bond donors (Lipinski definition) is 3. The summed E-state index contributed by atoms with van der Waals surface area (Å²) >= 11 is 0. The van der Waals surface area contributed by atoms with Gasteiger partial charge < -0.3 is 25.1 Å². The van der Waals surface area contributed by atoms with Crippen molar-refractivity contribution >= 4 is 35.8 Å². The lowest BCUT2D eigenvalue weighted by Crippen LogP contribution is -2.38. The summed E-state index contributed by atoms with van der Waals surface area (Å²) in [5.41, 5.74) is 1.64. The number of hydrogen-bond acceptors (Lipinski definition) is 4. The third-order valence-electron chi connectivity index (χ3n) is 3.87. The minimum absolute atomic E-state index is 0. The zero-order chi connectivity index (χ0) is 20.0. The lowest BCUT2D eigenvalue weighted by atomic mass is 10.1. The maximum absolute atomic E-state index is 12.0. The second-order valence-electron chi connectivity index (χ2n) is 6.17. The third kappa shape index (κ3) is 9.80. The number of guanidine groups is 1. The molecule has 1 aromatic carbocycles. The number of benzene rings is 1. The Morgan fingerprint density at radius 3 is 2.66 bits per heavy atom. The standard InChI is InChI=1S/C21H30N4O3.HI/c1-3-22-20(26)18-9-5-8-17(14-18)15-25-21(23-4-2)24-11-7-12-27-16-19-10-6-13-28-19;/h5-6,8-10,13-14H,3-4,7,11-12,15-16H2,1-2H3,(H,22,26)(H2,23,24,25);1H. The number of nitrogens with zero attached hydrogens (tertiary/aromatic N) is 1. The fourth-order valence-electron chi connectivity index (χ4n) is 2.53. The van der Waals surface area contributed by atoms with Crippen molar-refractivity contribution in [3.05, 3.63) is 59.5 Å². The molecule has 0 aliphatic carbocycles. The van der Waals surface area contributed by atoms with Crippen LogP contribution < -0.4 is 16.0 Å². The van der Waals surface area contributed by atoms with Gasteiger partial charge in [-0.3, -0.25) is 4.79 Å². The molecule has 3 N–H and O–H groups in total. The van der Waals surface area contributed by atoms with Crippen molar-refractivity contribution in [1.29, 1.82) is 0 Å². The van der Waals surface area contributed by atoms with Crippen LogP contribution in [0.4, 0.5) is 0 Å². The number of carbonyl (C=O) groups excluding carboxylic acids is 1. The molecule has 0 radical (unpaired) electrons. The van der Waals surface area contributed by atoms with E-state index in [0.29, 0.717) is 31.9 Å². The number of rotatable bonds is 11. The number of nitrogens with one attached hydrogen (secondary N) is 3. The predicted molar refractivity (Wildman–Crippen MR) is 126 cm³/mol. The SMILES string of the molecule is CCNC(=O)c1cccc(CN=C(NCC)NCCCOCc2ccco2)c1.I. The van der Waals surface area contributed by atoms with E-state index in [4.69, 9.17) is 9.15 Å². The van der Waals surface area contributed by atoms with Crippen LogP contribution in [0.5, 0.6) is 0 Å². The van der Waals surface area contributed by atoms with Crippen LogP contribution in [0.3, 0.4) is 0 Å². The summed E-state index contributed by atoms with van der Waals surface area (Å²) in [6.45, 7) is 7.70. The molecule has 0 spiro atoms. The average molecular weight is 514 g/mol. The fraction of sp³-hybridized carbons (Fsp3) is 0.429. The summed E-state index contributed by atoms with van der Waals surface area (Å²) in [7, 11) is 0. The van der Waals surface area contributed by atoms with E-state index in [2.05, 4.69) is 20.9 Å². The van der Waals surface area contributed by atoms with Gasteiger partial charge in [-0.15, -0.1) is 24.0 Å². The van der Waals surface area contributed by atoms with E-state index in [-0.39, 0.29) is 29.9 Å². The molecular weight excluding hydrogens is 483 g/mol. The van der Waals surface area contributed by atoms with Crippen LogP contribution in [0.25, 0.3) is 0 Å². The normalized spacial score (nSPS) is 10.9. The first-order valence-corrected chi connectivity index (χ1v) is 9.72. The largest absolute Gasteiger partial charge is 0.467 e. The predicted octanol–water partition coefficient (Wildman–Crippen LogP) is 3.31. The van der Waals surface area contributed by atoms with Crippen molar-refractivity contribution < 1.29 is 13.9 Å². The molecule has 8 heteroatoms. The number of carbonyl (C=O) groups is 1. The van der Waals surface area contributed by atoms with Gasteiger partial charge in [0.2, 0.25) is 0 Å². The van der Waals surface area contributed by atoms with E-state index < -0.39 is 0 Å². The lowest BCUT2D eigenvalue weighted by molar-refractivity contribution is 0.0955. The van der Waals surface area contributed by atoms with Crippen molar-refractivity contribution in [2.75, 3.05) is 26.2 Å². The Morgan fingerprint density at radius 1 is 1.10 bits per heavy atom. The Kier molecular flexibility index (Phi) is 12.8. The smallest absolute Gasteiger partial charge is 0.251 e. The van der Waals surface area contributed by atoms with Gasteiger partial charge in [0.15, 0.2) is 5.96 Å². The first kappa shape index (κ1) is 25.0. The highest BCUT2D eigenvalue weighted by atomic mass is 127. The highest BCUT2D eigenvalue weighted by Gasteiger charge is 2.05. The van der Waals surface area contributed by atoms with Crippen molar-refractivity contribution in [2.45, 2.75) is 33.4 Å². The second kappa shape index (κ2) is 14.9. The van der Waals surface area contributed by atoms with Crippen LogP contribution in [0.1, 0.15) is 41.9 Å². The quantitative estimate of drug-likeness (QED) is 0.185. The molecule has 7 nitrogen and oxygen atoms in total. The summed E-state index contributed by atoms with van der Waals surface area (Å²) < 4.78 is 10.8. The van der Waals surface area contributed by atoms with E-state index in [1.807, 2.05) is 50.2 Å². The van der Waals surface area contributed by atoms with E-state index in [1.165, 1.54) is 0 Å². The van der Waals surface area contributed by atoms with Crippen LogP contribution in [-0.2, 0) is 17.9 Å². The molecule has 1 heterocycles. The van der Waals surface area contributed by atoms with Gasteiger partial charge in [-0.2, -0.15) is 0 Å². The molecule has 1 amide bonds. The van der Waals surface area contributed by atoms with Crippen molar-refractivity contribution in [1.82, 2.24) is 16.0 Å². The first-order chi connectivity index (χ1) is 13.7. The second-order valence-corrected chi connectivity index (χ2v) is 6.17. The first-order valence-electron chi connectivity index (χ1n) is 9.72. The number of aliphatic imine (C=N–C) groups is 1. The summed E-state index contributed by atoms with van der Waals surface area (Å²) in [6, 6.07) is 11.3. The van der Waals surface area contributed by atoms with Gasteiger partial charge in [-0.1, -0.05) is 12.1 Å². The number of ether oxygens (including phenoxy) is 1.